The SMILES string of the molecule is CC1(C)OCC[C@H](O)[C@H]1I. The molecule has 1 rings (SSSR count). The molecule has 0 amide bonds. The molecule has 0 aromatic carbocycles. The molecule has 1 aliphatic rings. The average Bonchev–Trinajstić information content (AvgIpc) is 1.83. The molecule has 0 unspecified atom stereocenters. The van der Waals surface area contributed by atoms with E-state index in [1.807, 2.05) is 13.8 Å². The summed E-state index contributed by atoms with van der Waals surface area (Å²) in [5.41, 5.74) is -0.155. The summed E-state index contributed by atoms with van der Waals surface area (Å²) in [6.07, 6.45) is 0.584. The smallest absolute Gasteiger partial charge is 0.0768 e. The molecule has 1 heterocycles. The van der Waals surface area contributed by atoms with Crippen molar-refractivity contribution in [1.82, 2.24) is 0 Å². The standard InChI is InChI=1S/C7H13IO2/c1-7(2)6(8)5(9)3-4-10-7/h5-6,9H,3-4H2,1-2H3/t5-,6+/m0/s1. The van der Waals surface area contributed by atoms with Crippen molar-refractivity contribution in [3.8, 4) is 0 Å². The number of hydrogen-bond acceptors (Lipinski definition) is 2. The van der Waals surface area contributed by atoms with Gasteiger partial charge in [0.25, 0.3) is 0 Å². The second-order valence-electron chi connectivity index (χ2n) is 3.21. The van der Waals surface area contributed by atoms with E-state index in [1.165, 1.54) is 0 Å². The molecule has 1 saturated heterocycles. The topological polar surface area (TPSA) is 29.5 Å². The van der Waals surface area contributed by atoms with E-state index in [9.17, 15) is 5.11 Å². The molecule has 1 N–H and O–H groups in total. The van der Waals surface area contributed by atoms with Crippen molar-refractivity contribution in [1.29, 1.82) is 0 Å². The predicted octanol–water partition coefficient (Wildman–Crippen LogP) is 1.35. The maximum Gasteiger partial charge on any atom is 0.0768 e. The van der Waals surface area contributed by atoms with E-state index in [4.69, 9.17) is 4.74 Å². The van der Waals surface area contributed by atoms with E-state index in [-0.39, 0.29) is 15.6 Å². The molecular weight excluding hydrogens is 243 g/mol. The molecule has 0 radical (unpaired) electrons. The summed E-state index contributed by atoms with van der Waals surface area (Å²) < 4.78 is 5.70. The van der Waals surface area contributed by atoms with Gasteiger partial charge in [0.1, 0.15) is 0 Å². The molecular formula is C7H13IO2. The fraction of sp³-hybridized carbons (Fsp3) is 1.00. The molecule has 3 heteroatoms. The van der Waals surface area contributed by atoms with Crippen LogP contribution in [0.3, 0.4) is 0 Å². The Bertz CT molecular complexity index is 125. The zero-order valence-electron chi connectivity index (χ0n) is 6.30. The molecule has 10 heavy (non-hydrogen) atoms. The van der Waals surface area contributed by atoms with E-state index in [1.54, 1.807) is 0 Å². The highest BCUT2D eigenvalue weighted by Crippen LogP contribution is 2.30. The molecule has 2 atom stereocenters. The van der Waals surface area contributed by atoms with Crippen LogP contribution in [0.4, 0.5) is 0 Å². The lowest BCUT2D eigenvalue weighted by Crippen LogP contribution is -2.47. The first-order chi connectivity index (χ1) is 4.54. The van der Waals surface area contributed by atoms with Crippen LogP contribution in [0.2, 0.25) is 0 Å². The van der Waals surface area contributed by atoms with Gasteiger partial charge in [0.05, 0.1) is 15.6 Å². The highest BCUT2D eigenvalue weighted by molar-refractivity contribution is 14.1. The molecule has 0 spiro atoms. The summed E-state index contributed by atoms with van der Waals surface area (Å²) in [6.45, 7) is 4.73. The third kappa shape index (κ3) is 1.62. The van der Waals surface area contributed by atoms with Gasteiger partial charge in [-0.05, 0) is 20.3 Å². The summed E-state index contributed by atoms with van der Waals surface area (Å²) in [7, 11) is 0. The number of hydrogen-bond donors (Lipinski definition) is 1. The molecule has 1 fully saturated rings. The highest BCUT2D eigenvalue weighted by Gasteiger charge is 2.37. The summed E-state index contributed by atoms with van der Waals surface area (Å²) in [4.78, 5) is 0. The van der Waals surface area contributed by atoms with Crippen molar-refractivity contribution < 1.29 is 9.84 Å². The van der Waals surface area contributed by atoms with E-state index in [2.05, 4.69) is 22.6 Å². The number of aliphatic hydroxyl groups excluding tert-OH is 1. The first kappa shape index (κ1) is 8.74. The van der Waals surface area contributed by atoms with Gasteiger partial charge >= 0.3 is 0 Å². The number of aliphatic hydroxyl groups is 1. The van der Waals surface area contributed by atoms with Gasteiger partial charge in [-0.1, -0.05) is 22.6 Å². The van der Waals surface area contributed by atoms with E-state index < -0.39 is 0 Å². The summed E-state index contributed by atoms with van der Waals surface area (Å²) >= 11 is 2.25. The minimum atomic E-state index is -0.190. The molecule has 0 aromatic heterocycles. The molecule has 0 aliphatic carbocycles. The Balaban J connectivity index is 2.60. The number of rotatable bonds is 0. The lowest BCUT2D eigenvalue weighted by Gasteiger charge is -2.38. The van der Waals surface area contributed by atoms with Gasteiger partial charge in [0.2, 0.25) is 0 Å². The largest absolute Gasteiger partial charge is 0.392 e. The van der Waals surface area contributed by atoms with Crippen molar-refractivity contribution in [3.05, 3.63) is 0 Å². The molecule has 0 aromatic rings. The van der Waals surface area contributed by atoms with Gasteiger partial charge in [-0.15, -0.1) is 0 Å². The van der Waals surface area contributed by atoms with Crippen LogP contribution in [0.25, 0.3) is 0 Å². The second-order valence-corrected chi connectivity index (χ2v) is 4.55. The molecule has 0 bridgehead atoms. The second kappa shape index (κ2) is 2.95. The number of alkyl halides is 1. The van der Waals surface area contributed by atoms with Gasteiger partial charge in [-0.2, -0.15) is 0 Å². The maximum atomic E-state index is 9.43. The first-order valence-electron chi connectivity index (χ1n) is 3.50. The monoisotopic (exact) mass is 256 g/mol. The van der Waals surface area contributed by atoms with Crippen LogP contribution in [-0.4, -0.2) is 27.3 Å². The van der Waals surface area contributed by atoms with Gasteiger partial charge in [0.15, 0.2) is 0 Å². The van der Waals surface area contributed by atoms with Crippen molar-refractivity contribution >= 4 is 22.6 Å². The fourth-order valence-corrected chi connectivity index (χ4v) is 1.67. The third-order valence-corrected chi connectivity index (χ3v) is 4.22. The molecule has 0 saturated carbocycles. The summed E-state index contributed by atoms with van der Waals surface area (Å²) in [5.74, 6) is 0. The van der Waals surface area contributed by atoms with Gasteiger partial charge in [-0.25, -0.2) is 0 Å². The van der Waals surface area contributed by atoms with Crippen molar-refractivity contribution in [2.75, 3.05) is 6.61 Å². The highest BCUT2D eigenvalue weighted by atomic mass is 127. The summed E-state index contributed by atoms with van der Waals surface area (Å²) in [6, 6.07) is 0. The van der Waals surface area contributed by atoms with Crippen molar-refractivity contribution in [2.45, 2.75) is 35.9 Å². The van der Waals surface area contributed by atoms with Crippen LogP contribution >= 0.6 is 22.6 Å². The third-order valence-electron chi connectivity index (χ3n) is 1.89. The van der Waals surface area contributed by atoms with Crippen molar-refractivity contribution in [2.24, 2.45) is 0 Å². The number of halogens is 1. The molecule has 1 aliphatic heterocycles. The van der Waals surface area contributed by atoms with Gasteiger partial charge in [0, 0.05) is 6.61 Å². The molecule has 60 valence electrons. The first-order valence-corrected chi connectivity index (χ1v) is 4.75. The van der Waals surface area contributed by atoms with Crippen LogP contribution in [0.15, 0.2) is 0 Å². The zero-order valence-corrected chi connectivity index (χ0v) is 8.46. The van der Waals surface area contributed by atoms with Crippen LogP contribution in [0, 0.1) is 0 Å². The zero-order chi connectivity index (χ0) is 7.78. The Kier molecular flexibility index (Phi) is 2.58. The average molecular weight is 256 g/mol. The fourth-order valence-electron chi connectivity index (χ4n) is 1.13. The van der Waals surface area contributed by atoms with Crippen LogP contribution in [-0.2, 0) is 4.74 Å². The van der Waals surface area contributed by atoms with E-state index in [0.717, 1.165) is 6.42 Å². The summed E-state index contributed by atoms with van der Waals surface area (Å²) in [5, 5.41) is 9.43. The number of ether oxygens (including phenoxy) is 1. The molecule has 2 nitrogen and oxygen atoms in total. The Morgan fingerprint density at radius 2 is 2.20 bits per heavy atom. The minimum Gasteiger partial charge on any atom is -0.392 e. The quantitative estimate of drug-likeness (QED) is 0.523. The van der Waals surface area contributed by atoms with Crippen molar-refractivity contribution in [3.63, 3.8) is 0 Å². The maximum absolute atomic E-state index is 9.43. The van der Waals surface area contributed by atoms with E-state index in [0.29, 0.717) is 6.61 Å². The Morgan fingerprint density at radius 1 is 1.60 bits per heavy atom. The Labute approximate surface area is 75.1 Å². The minimum absolute atomic E-state index is 0.155. The van der Waals surface area contributed by atoms with Crippen LogP contribution < -0.4 is 0 Å². The van der Waals surface area contributed by atoms with Crippen LogP contribution in [0.1, 0.15) is 20.3 Å². The van der Waals surface area contributed by atoms with Gasteiger partial charge in [-0.3, -0.25) is 0 Å². The lowest BCUT2D eigenvalue weighted by atomic mass is 9.96. The predicted molar refractivity (Wildman–Crippen MR) is 48.5 cm³/mol. The van der Waals surface area contributed by atoms with E-state index >= 15 is 0 Å². The Hall–Kier alpha value is 0.650. The lowest BCUT2D eigenvalue weighted by molar-refractivity contribution is -0.0849. The van der Waals surface area contributed by atoms with Gasteiger partial charge < -0.3 is 9.84 Å². The Morgan fingerprint density at radius 3 is 2.60 bits per heavy atom. The van der Waals surface area contributed by atoms with Crippen LogP contribution in [0.5, 0.6) is 0 Å². The normalized spacial score (nSPS) is 39.6.